The predicted molar refractivity (Wildman–Crippen MR) is 76.1 cm³/mol. The lowest BCUT2D eigenvalue weighted by Gasteiger charge is -2.08. The number of nitrogens with one attached hydrogen (secondary N) is 1. The number of ether oxygens (including phenoxy) is 1. The van der Waals surface area contributed by atoms with Crippen LogP contribution in [0.4, 0.5) is 11.5 Å². The number of anilines is 2. The molecule has 0 radical (unpaired) electrons. The highest BCUT2D eigenvalue weighted by Crippen LogP contribution is 2.22. The molecule has 6 nitrogen and oxygen atoms in total. The smallest absolute Gasteiger partial charge is 0.160 e. The van der Waals surface area contributed by atoms with Gasteiger partial charge < -0.3 is 10.1 Å². The summed E-state index contributed by atoms with van der Waals surface area (Å²) in [5.41, 5.74) is 2.32. The standard InChI is InChI=1S/C14H13N5O/c1-9-15-7-12-13(18-9)14(17-8-16-12)19-10-3-5-11(20-2)6-4-10/h3-8H,1-2H3,(H,16,17,19). The maximum Gasteiger partial charge on any atom is 0.160 e. The Hall–Kier alpha value is -2.76. The molecule has 0 aliphatic rings. The molecule has 0 bridgehead atoms. The van der Waals surface area contributed by atoms with Crippen LogP contribution in [0.5, 0.6) is 5.75 Å². The van der Waals surface area contributed by atoms with Crippen molar-refractivity contribution in [3.8, 4) is 5.75 Å². The fourth-order valence-corrected chi connectivity index (χ4v) is 1.84. The zero-order valence-corrected chi connectivity index (χ0v) is 11.2. The van der Waals surface area contributed by atoms with Gasteiger partial charge in [0.25, 0.3) is 0 Å². The molecule has 3 aromatic rings. The van der Waals surface area contributed by atoms with Crippen LogP contribution in [0, 0.1) is 6.92 Å². The van der Waals surface area contributed by atoms with Crippen LogP contribution in [0.2, 0.25) is 0 Å². The van der Waals surface area contributed by atoms with E-state index in [-0.39, 0.29) is 0 Å². The number of rotatable bonds is 3. The van der Waals surface area contributed by atoms with Crippen LogP contribution in [0.25, 0.3) is 11.0 Å². The molecule has 0 spiro atoms. The molecule has 2 heterocycles. The third-order valence-corrected chi connectivity index (χ3v) is 2.85. The second-order valence-corrected chi connectivity index (χ2v) is 4.23. The van der Waals surface area contributed by atoms with Gasteiger partial charge in [0.15, 0.2) is 5.82 Å². The summed E-state index contributed by atoms with van der Waals surface area (Å²) >= 11 is 0. The predicted octanol–water partition coefficient (Wildman–Crippen LogP) is 2.48. The Morgan fingerprint density at radius 1 is 1.05 bits per heavy atom. The highest BCUT2D eigenvalue weighted by Gasteiger charge is 2.06. The number of aryl methyl sites for hydroxylation is 1. The van der Waals surface area contributed by atoms with Gasteiger partial charge in [0.05, 0.1) is 13.3 Å². The van der Waals surface area contributed by atoms with Gasteiger partial charge in [-0.3, -0.25) is 0 Å². The second kappa shape index (κ2) is 5.08. The maximum atomic E-state index is 5.13. The SMILES string of the molecule is COc1ccc(Nc2ncnc3cnc(C)nc23)cc1. The van der Waals surface area contributed by atoms with Gasteiger partial charge in [0, 0.05) is 5.69 Å². The van der Waals surface area contributed by atoms with Crippen molar-refractivity contribution in [2.75, 3.05) is 12.4 Å². The van der Waals surface area contributed by atoms with Crippen LogP contribution in [0.15, 0.2) is 36.8 Å². The van der Waals surface area contributed by atoms with Gasteiger partial charge in [0.2, 0.25) is 0 Å². The van der Waals surface area contributed by atoms with E-state index in [9.17, 15) is 0 Å². The fourth-order valence-electron chi connectivity index (χ4n) is 1.84. The van der Waals surface area contributed by atoms with Gasteiger partial charge in [-0.25, -0.2) is 19.9 Å². The number of nitrogens with zero attached hydrogens (tertiary/aromatic N) is 4. The normalized spacial score (nSPS) is 10.5. The van der Waals surface area contributed by atoms with Gasteiger partial charge in [0.1, 0.15) is 28.9 Å². The first-order chi connectivity index (χ1) is 9.76. The molecule has 1 N–H and O–H groups in total. The number of benzene rings is 1. The molecule has 0 fully saturated rings. The first kappa shape index (κ1) is 12.3. The Morgan fingerprint density at radius 2 is 1.85 bits per heavy atom. The molecule has 0 saturated carbocycles. The molecular formula is C14H13N5O. The second-order valence-electron chi connectivity index (χ2n) is 4.23. The quantitative estimate of drug-likeness (QED) is 0.786. The molecule has 2 aromatic heterocycles. The number of hydrogen-bond acceptors (Lipinski definition) is 6. The monoisotopic (exact) mass is 267 g/mol. The van der Waals surface area contributed by atoms with Gasteiger partial charge in [-0.2, -0.15) is 0 Å². The minimum absolute atomic E-state index is 0.658. The Balaban J connectivity index is 1.99. The average molecular weight is 267 g/mol. The van der Waals surface area contributed by atoms with E-state index in [1.165, 1.54) is 6.33 Å². The van der Waals surface area contributed by atoms with Crippen molar-refractivity contribution in [1.29, 1.82) is 0 Å². The fraction of sp³-hybridized carbons (Fsp3) is 0.143. The maximum absolute atomic E-state index is 5.13. The minimum atomic E-state index is 0.658. The van der Waals surface area contributed by atoms with E-state index in [1.54, 1.807) is 13.3 Å². The molecule has 0 unspecified atom stereocenters. The summed E-state index contributed by atoms with van der Waals surface area (Å²) in [6.45, 7) is 1.84. The van der Waals surface area contributed by atoms with Crippen molar-refractivity contribution >= 4 is 22.5 Å². The van der Waals surface area contributed by atoms with E-state index < -0.39 is 0 Å². The summed E-state index contributed by atoms with van der Waals surface area (Å²) in [5.74, 6) is 2.15. The summed E-state index contributed by atoms with van der Waals surface area (Å²) in [6.07, 6.45) is 3.19. The van der Waals surface area contributed by atoms with Gasteiger partial charge in [-0.15, -0.1) is 0 Å². The van der Waals surface area contributed by atoms with E-state index in [2.05, 4.69) is 25.3 Å². The molecule has 0 amide bonds. The summed E-state index contributed by atoms with van der Waals surface area (Å²) in [6, 6.07) is 7.60. The molecule has 100 valence electrons. The Bertz CT molecular complexity index is 742. The summed E-state index contributed by atoms with van der Waals surface area (Å²) < 4.78 is 5.13. The van der Waals surface area contributed by atoms with Crippen molar-refractivity contribution in [3.63, 3.8) is 0 Å². The van der Waals surface area contributed by atoms with E-state index >= 15 is 0 Å². The van der Waals surface area contributed by atoms with E-state index in [0.717, 1.165) is 11.4 Å². The van der Waals surface area contributed by atoms with Crippen molar-refractivity contribution in [3.05, 3.63) is 42.6 Å². The number of hydrogen-bond donors (Lipinski definition) is 1. The van der Waals surface area contributed by atoms with Crippen LogP contribution in [0.1, 0.15) is 5.82 Å². The average Bonchev–Trinajstić information content (AvgIpc) is 2.49. The lowest BCUT2D eigenvalue weighted by molar-refractivity contribution is 0.415. The molecule has 0 atom stereocenters. The van der Waals surface area contributed by atoms with Gasteiger partial charge >= 0.3 is 0 Å². The van der Waals surface area contributed by atoms with Crippen molar-refractivity contribution in [1.82, 2.24) is 19.9 Å². The van der Waals surface area contributed by atoms with Crippen LogP contribution >= 0.6 is 0 Å². The Kier molecular flexibility index (Phi) is 3.12. The topological polar surface area (TPSA) is 72.8 Å². The zero-order valence-electron chi connectivity index (χ0n) is 11.2. The first-order valence-electron chi connectivity index (χ1n) is 6.12. The van der Waals surface area contributed by atoms with Crippen LogP contribution in [0.3, 0.4) is 0 Å². The lowest BCUT2D eigenvalue weighted by Crippen LogP contribution is -1.99. The van der Waals surface area contributed by atoms with Crippen LogP contribution < -0.4 is 10.1 Å². The van der Waals surface area contributed by atoms with Crippen LogP contribution in [-0.2, 0) is 0 Å². The minimum Gasteiger partial charge on any atom is -0.497 e. The third kappa shape index (κ3) is 2.35. The van der Waals surface area contributed by atoms with Crippen molar-refractivity contribution in [2.45, 2.75) is 6.92 Å². The lowest BCUT2D eigenvalue weighted by atomic mass is 10.3. The summed E-state index contributed by atoms with van der Waals surface area (Å²) in [4.78, 5) is 16.9. The van der Waals surface area contributed by atoms with Gasteiger partial charge in [-0.05, 0) is 31.2 Å². The van der Waals surface area contributed by atoms with E-state index in [1.807, 2.05) is 31.2 Å². The molecule has 3 rings (SSSR count). The Labute approximate surface area is 115 Å². The number of aromatic nitrogens is 4. The molecule has 20 heavy (non-hydrogen) atoms. The molecule has 0 aliphatic heterocycles. The van der Waals surface area contributed by atoms with Crippen LogP contribution in [-0.4, -0.2) is 27.0 Å². The van der Waals surface area contributed by atoms with Crippen molar-refractivity contribution in [2.24, 2.45) is 0 Å². The van der Waals surface area contributed by atoms with E-state index in [0.29, 0.717) is 22.7 Å². The summed E-state index contributed by atoms with van der Waals surface area (Å²) in [5, 5.41) is 3.23. The van der Waals surface area contributed by atoms with Crippen molar-refractivity contribution < 1.29 is 4.74 Å². The highest BCUT2D eigenvalue weighted by molar-refractivity contribution is 5.86. The first-order valence-corrected chi connectivity index (χ1v) is 6.12. The number of methoxy groups -OCH3 is 1. The highest BCUT2D eigenvalue weighted by atomic mass is 16.5. The molecular weight excluding hydrogens is 254 g/mol. The number of fused-ring (bicyclic) bond motifs is 1. The Morgan fingerprint density at radius 3 is 2.60 bits per heavy atom. The summed E-state index contributed by atoms with van der Waals surface area (Å²) in [7, 11) is 1.64. The molecule has 6 heteroatoms. The third-order valence-electron chi connectivity index (χ3n) is 2.85. The van der Waals surface area contributed by atoms with Gasteiger partial charge in [-0.1, -0.05) is 0 Å². The van der Waals surface area contributed by atoms with E-state index in [4.69, 9.17) is 4.74 Å². The molecule has 1 aromatic carbocycles. The largest absolute Gasteiger partial charge is 0.497 e. The zero-order chi connectivity index (χ0) is 13.9. The molecule has 0 aliphatic carbocycles. The molecule has 0 saturated heterocycles.